The number of rotatable bonds is 2. The van der Waals surface area contributed by atoms with Crippen LogP contribution in [0.1, 0.15) is 6.92 Å². The van der Waals surface area contributed by atoms with E-state index in [1.165, 1.54) is 14.0 Å². The first-order valence-electron chi connectivity index (χ1n) is 2.71. The van der Waals surface area contributed by atoms with E-state index in [9.17, 15) is 4.79 Å². The average molecular weight is 144 g/mol. The van der Waals surface area contributed by atoms with Crippen molar-refractivity contribution in [2.24, 2.45) is 17.3 Å². The van der Waals surface area contributed by atoms with Crippen LogP contribution in [0.4, 0.5) is 0 Å². The molecule has 0 bridgehead atoms. The van der Waals surface area contributed by atoms with Gasteiger partial charge in [-0.3, -0.25) is 9.80 Å². The predicted octanol–water partition coefficient (Wildman–Crippen LogP) is -1.53. The molecule has 0 aromatic rings. The van der Waals surface area contributed by atoms with Gasteiger partial charge in [-0.1, -0.05) is 0 Å². The lowest BCUT2D eigenvalue weighted by Crippen LogP contribution is -2.33. The summed E-state index contributed by atoms with van der Waals surface area (Å²) in [6.07, 6.45) is 0. The van der Waals surface area contributed by atoms with E-state index in [0.717, 1.165) is 5.01 Å². The van der Waals surface area contributed by atoms with Gasteiger partial charge >= 0.3 is 0 Å². The van der Waals surface area contributed by atoms with Crippen LogP contribution in [-0.4, -0.2) is 18.0 Å². The fourth-order valence-electron chi connectivity index (χ4n) is 0.391. The van der Waals surface area contributed by atoms with Crippen LogP contribution in [0.3, 0.4) is 0 Å². The van der Waals surface area contributed by atoms with Crippen LogP contribution >= 0.6 is 0 Å². The lowest BCUT2D eigenvalue weighted by atomic mass is 10.3. The topological polar surface area (TPSA) is 98.4 Å². The lowest BCUT2D eigenvalue weighted by molar-refractivity contribution is -0.114. The van der Waals surface area contributed by atoms with Crippen molar-refractivity contribution in [2.45, 2.75) is 6.92 Å². The third-order valence-electron chi connectivity index (χ3n) is 1.13. The monoisotopic (exact) mass is 144 g/mol. The maximum absolute atomic E-state index is 10.4. The smallest absolute Gasteiger partial charge is 0.248 e. The summed E-state index contributed by atoms with van der Waals surface area (Å²) in [4.78, 5) is 10.4. The van der Waals surface area contributed by atoms with Gasteiger partial charge in [-0.25, -0.2) is 5.84 Å². The quantitative estimate of drug-likeness (QED) is 0.249. The first-order chi connectivity index (χ1) is 4.46. The van der Waals surface area contributed by atoms with Crippen molar-refractivity contribution in [3.05, 3.63) is 11.4 Å². The number of hydrogen-bond donors (Lipinski definition) is 3. The summed E-state index contributed by atoms with van der Waals surface area (Å²) in [7, 11) is 1.53. The number of primary amides is 1. The van der Waals surface area contributed by atoms with E-state index in [1.54, 1.807) is 0 Å². The zero-order chi connectivity index (χ0) is 8.31. The molecule has 58 valence electrons. The maximum atomic E-state index is 10.4. The molecule has 0 saturated heterocycles. The van der Waals surface area contributed by atoms with Crippen molar-refractivity contribution in [3.63, 3.8) is 0 Å². The van der Waals surface area contributed by atoms with Gasteiger partial charge in [-0.2, -0.15) is 0 Å². The number of nitrogens with two attached hydrogens (primary N) is 3. The second-order valence-electron chi connectivity index (χ2n) is 1.99. The van der Waals surface area contributed by atoms with Gasteiger partial charge in [0.05, 0.1) is 5.57 Å². The summed E-state index contributed by atoms with van der Waals surface area (Å²) < 4.78 is 0. The van der Waals surface area contributed by atoms with Gasteiger partial charge < -0.3 is 11.5 Å². The molecule has 0 unspecified atom stereocenters. The minimum Gasteiger partial charge on any atom is -0.384 e. The molecule has 0 heterocycles. The van der Waals surface area contributed by atoms with Crippen molar-refractivity contribution < 1.29 is 4.79 Å². The first kappa shape index (κ1) is 8.77. The number of carbonyl (C=O) groups excluding carboxylic acids is 1. The highest BCUT2D eigenvalue weighted by atomic mass is 16.1. The minimum atomic E-state index is -0.560. The Morgan fingerprint density at radius 3 is 1.90 bits per heavy atom. The molecule has 0 rings (SSSR count). The highest BCUT2D eigenvalue weighted by Gasteiger charge is 2.04. The summed E-state index contributed by atoms with van der Waals surface area (Å²) in [6.45, 7) is 1.51. The van der Waals surface area contributed by atoms with Crippen LogP contribution in [0, 0.1) is 0 Å². The molecule has 0 atom stereocenters. The minimum absolute atomic E-state index is 0.188. The molecule has 0 aromatic carbocycles. The standard InChI is InChI=1S/C5H12N4O/c1-3(5(7)10)4(6)9(2)8/h6,8H2,1-2H3,(H2,7,10)/b4-3+. The van der Waals surface area contributed by atoms with Gasteiger partial charge in [-0.15, -0.1) is 0 Å². The van der Waals surface area contributed by atoms with Crippen molar-refractivity contribution >= 4 is 5.91 Å². The Morgan fingerprint density at radius 1 is 1.40 bits per heavy atom. The number of hydrazine groups is 1. The molecule has 0 radical (unpaired) electrons. The van der Waals surface area contributed by atoms with Gasteiger partial charge in [0.25, 0.3) is 0 Å². The van der Waals surface area contributed by atoms with Gasteiger partial charge in [-0.05, 0) is 6.92 Å². The average Bonchev–Trinajstić information content (AvgIpc) is 1.84. The predicted molar refractivity (Wildman–Crippen MR) is 38.0 cm³/mol. The molecule has 6 N–H and O–H groups in total. The normalized spacial score (nSPS) is 12.3. The second kappa shape index (κ2) is 3.07. The molecule has 0 spiro atoms. The van der Waals surface area contributed by atoms with E-state index in [-0.39, 0.29) is 11.4 Å². The molecule has 5 nitrogen and oxygen atoms in total. The fraction of sp³-hybridized carbons (Fsp3) is 0.400. The molecule has 0 aromatic heterocycles. The Balaban J connectivity index is 4.50. The molecule has 0 fully saturated rings. The SMILES string of the molecule is C/C(C(N)=O)=C(/N)N(C)N. The van der Waals surface area contributed by atoms with Crippen LogP contribution in [0.2, 0.25) is 0 Å². The third-order valence-corrected chi connectivity index (χ3v) is 1.13. The zero-order valence-corrected chi connectivity index (χ0v) is 6.09. The molecule has 0 aliphatic carbocycles. The number of nitrogens with zero attached hydrogens (tertiary/aromatic N) is 1. The lowest BCUT2D eigenvalue weighted by Gasteiger charge is -2.13. The number of carbonyl (C=O) groups is 1. The molecule has 0 aliphatic rings. The fourth-order valence-corrected chi connectivity index (χ4v) is 0.391. The molecule has 0 saturated carbocycles. The summed E-state index contributed by atoms with van der Waals surface area (Å²) in [5.41, 5.74) is 10.5. The van der Waals surface area contributed by atoms with Crippen molar-refractivity contribution in [1.82, 2.24) is 5.01 Å². The molecular weight excluding hydrogens is 132 g/mol. The summed E-state index contributed by atoms with van der Waals surface area (Å²) in [5.74, 6) is 4.84. The highest BCUT2D eigenvalue weighted by molar-refractivity contribution is 5.91. The van der Waals surface area contributed by atoms with Gasteiger partial charge in [0, 0.05) is 7.05 Å². The Labute approximate surface area is 59.4 Å². The summed E-state index contributed by atoms with van der Waals surface area (Å²) in [6, 6.07) is 0. The molecule has 5 heteroatoms. The number of hydrogen-bond acceptors (Lipinski definition) is 4. The highest BCUT2D eigenvalue weighted by Crippen LogP contribution is 1.96. The maximum Gasteiger partial charge on any atom is 0.248 e. The molecular formula is C5H12N4O. The Hall–Kier alpha value is -1.23. The van der Waals surface area contributed by atoms with Crippen molar-refractivity contribution in [2.75, 3.05) is 7.05 Å². The largest absolute Gasteiger partial charge is 0.384 e. The van der Waals surface area contributed by atoms with E-state index in [2.05, 4.69) is 0 Å². The van der Waals surface area contributed by atoms with Gasteiger partial charge in [0.15, 0.2) is 0 Å². The van der Waals surface area contributed by atoms with E-state index in [0.29, 0.717) is 0 Å². The second-order valence-corrected chi connectivity index (χ2v) is 1.99. The number of amides is 1. The van der Waals surface area contributed by atoms with E-state index < -0.39 is 5.91 Å². The van der Waals surface area contributed by atoms with Gasteiger partial charge in [0.1, 0.15) is 5.82 Å². The van der Waals surface area contributed by atoms with Gasteiger partial charge in [0.2, 0.25) is 5.91 Å². The molecule has 1 amide bonds. The van der Waals surface area contributed by atoms with Crippen LogP contribution < -0.4 is 17.3 Å². The van der Waals surface area contributed by atoms with E-state index in [4.69, 9.17) is 17.3 Å². The Bertz CT molecular complexity index is 172. The van der Waals surface area contributed by atoms with Crippen molar-refractivity contribution in [3.8, 4) is 0 Å². The Kier molecular flexibility index (Phi) is 2.69. The molecule has 10 heavy (non-hydrogen) atoms. The summed E-state index contributed by atoms with van der Waals surface area (Å²) in [5, 5.41) is 1.14. The Morgan fingerprint density at radius 2 is 1.80 bits per heavy atom. The first-order valence-corrected chi connectivity index (χ1v) is 2.71. The zero-order valence-electron chi connectivity index (χ0n) is 6.09. The molecule has 0 aliphatic heterocycles. The van der Waals surface area contributed by atoms with Crippen LogP contribution in [0.25, 0.3) is 0 Å². The summed E-state index contributed by atoms with van der Waals surface area (Å²) >= 11 is 0. The van der Waals surface area contributed by atoms with E-state index in [1.807, 2.05) is 0 Å². The van der Waals surface area contributed by atoms with Crippen molar-refractivity contribution in [1.29, 1.82) is 0 Å². The van der Waals surface area contributed by atoms with Crippen LogP contribution in [0.15, 0.2) is 11.4 Å². The van der Waals surface area contributed by atoms with E-state index >= 15 is 0 Å². The van der Waals surface area contributed by atoms with Crippen LogP contribution in [0.5, 0.6) is 0 Å². The van der Waals surface area contributed by atoms with Crippen LogP contribution in [-0.2, 0) is 4.79 Å². The third kappa shape index (κ3) is 1.94.